The molecule has 3 aromatic rings. The third-order valence-corrected chi connectivity index (χ3v) is 4.48. The number of rotatable bonds is 5. The molecule has 1 aromatic heterocycles. The number of nitrogens with one attached hydrogen (secondary N) is 1. The van der Waals surface area contributed by atoms with Gasteiger partial charge in [-0.3, -0.25) is 25.0 Å². The molecule has 0 saturated carbocycles. The van der Waals surface area contributed by atoms with Crippen molar-refractivity contribution in [3.8, 4) is 11.1 Å². The van der Waals surface area contributed by atoms with E-state index in [4.69, 9.17) is 11.6 Å². The summed E-state index contributed by atoms with van der Waals surface area (Å²) in [5.74, 6) is -0.710. The van der Waals surface area contributed by atoms with Crippen LogP contribution in [0.25, 0.3) is 11.1 Å². The SMILES string of the molecule is Cc1c(-c2ccc([N+](=O)[O-])cc2)c(C(=O)Nc2ccc([N+](=O)[O-])cc2)c(Cl)n[n+]1[O-]. The monoisotopic (exact) mass is 429 g/mol. The van der Waals surface area contributed by atoms with Gasteiger partial charge in [-0.15, -0.1) is 0 Å². The number of carbonyl (C=O) groups excluding carboxylic acids is 1. The van der Waals surface area contributed by atoms with Crippen LogP contribution < -0.4 is 10.2 Å². The van der Waals surface area contributed by atoms with Gasteiger partial charge in [-0.25, -0.2) is 0 Å². The summed E-state index contributed by atoms with van der Waals surface area (Å²) in [5.41, 5.74) is 0.384. The first-order valence-corrected chi connectivity index (χ1v) is 8.67. The van der Waals surface area contributed by atoms with E-state index in [2.05, 4.69) is 10.4 Å². The lowest BCUT2D eigenvalue weighted by molar-refractivity contribution is -0.674. The van der Waals surface area contributed by atoms with E-state index in [0.29, 0.717) is 5.56 Å². The molecule has 0 radical (unpaired) electrons. The summed E-state index contributed by atoms with van der Waals surface area (Å²) in [5, 5.41) is 39.4. The molecule has 0 unspecified atom stereocenters. The topological polar surface area (TPSA) is 155 Å². The molecule has 1 amide bonds. The minimum Gasteiger partial charge on any atom is -0.594 e. The average molecular weight is 430 g/mol. The van der Waals surface area contributed by atoms with E-state index < -0.39 is 15.8 Å². The number of nitrogens with zero attached hydrogens (tertiary/aromatic N) is 4. The molecule has 1 heterocycles. The Bertz CT molecular complexity index is 1170. The van der Waals surface area contributed by atoms with Crippen LogP contribution in [0.2, 0.25) is 5.15 Å². The number of non-ortho nitro benzene ring substituents is 2. The zero-order valence-electron chi connectivity index (χ0n) is 15.2. The second kappa shape index (κ2) is 8.09. The van der Waals surface area contributed by atoms with Gasteiger partial charge in [-0.1, -0.05) is 16.4 Å². The van der Waals surface area contributed by atoms with Gasteiger partial charge in [0.05, 0.1) is 21.0 Å². The van der Waals surface area contributed by atoms with Gasteiger partial charge in [0.2, 0.25) is 10.8 Å². The summed E-state index contributed by atoms with van der Waals surface area (Å²) in [6, 6.07) is 10.4. The Kier molecular flexibility index (Phi) is 5.56. The van der Waals surface area contributed by atoms with Crippen LogP contribution in [-0.2, 0) is 0 Å². The van der Waals surface area contributed by atoms with E-state index in [0.717, 1.165) is 0 Å². The van der Waals surface area contributed by atoms with Gasteiger partial charge in [0, 0.05) is 42.0 Å². The lowest BCUT2D eigenvalue weighted by atomic mass is 9.99. The van der Waals surface area contributed by atoms with Crippen molar-refractivity contribution in [2.24, 2.45) is 0 Å². The number of anilines is 1. The normalized spacial score (nSPS) is 10.5. The van der Waals surface area contributed by atoms with Crippen LogP contribution in [0, 0.1) is 32.4 Å². The Morgan fingerprint density at radius 3 is 2.00 bits per heavy atom. The van der Waals surface area contributed by atoms with Crippen molar-refractivity contribution in [3.05, 3.63) is 90.4 Å². The van der Waals surface area contributed by atoms with Crippen LogP contribution >= 0.6 is 11.6 Å². The molecule has 3 rings (SSSR count). The summed E-state index contributed by atoms with van der Waals surface area (Å²) in [6.45, 7) is 1.43. The van der Waals surface area contributed by atoms with E-state index in [9.17, 15) is 30.2 Å². The highest BCUT2D eigenvalue weighted by Crippen LogP contribution is 2.31. The minimum absolute atomic E-state index is 0.0575. The maximum absolute atomic E-state index is 12.9. The molecule has 0 spiro atoms. The number of amides is 1. The maximum Gasteiger partial charge on any atom is 0.269 e. The number of aromatic nitrogens is 2. The molecule has 0 fully saturated rings. The molecule has 0 aliphatic carbocycles. The van der Waals surface area contributed by atoms with Crippen molar-refractivity contribution in [3.63, 3.8) is 0 Å². The molecule has 2 aromatic carbocycles. The standard InChI is InChI=1S/C18H12ClN5O6/c1-10-15(11-2-6-13(7-3-11)23(27)28)16(17(19)21-22(10)26)18(25)20-12-4-8-14(9-5-12)24(29)30/h2-9H,1H3,(H,20,25). The van der Waals surface area contributed by atoms with Crippen LogP contribution in [0.4, 0.5) is 17.1 Å². The van der Waals surface area contributed by atoms with E-state index in [1.54, 1.807) is 0 Å². The zero-order chi connectivity index (χ0) is 22.0. The van der Waals surface area contributed by atoms with E-state index in [-0.39, 0.29) is 43.9 Å². The molecular formula is C18H12ClN5O6. The van der Waals surface area contributed by atoms with Crippen LogP contribution in [0.1, 0.15) is 16.1 Å². The fraction of sp³-hybridized carbons (Fsp3) is 0.0556. The van der Waals surface area contributed by atoms with Crippen molar-refractivity contribution in [2.45, 2.75) is 6.92 Å². The summed E-state index contributed by atoms with van der Waals surface area (Å²) >= 11 is 6.08. The van der Waals surface area contributed by atoms with Gasteiger partial charge in [0.25, 0.3) is 17.3 Å². The second-order valence-corrected chi connectivity index (χ2v) is 6.42. The molecule has 0 bridgehead atoms. The largest absolute Gasteiger partial charge is 0.594 e. The molecule has 0 atom stereocenters. The van der Waals surface area contributed by atoms with Crippen LogP contribution in [0.15, 0.2) is 48.5 Å². The Labute approximate surface area is 173 Å². The van der Waals surface area contributed by atoms with Crippen molar-refractivity contribution in [2.75, 3.05) is 5.32 Å². The Morgan fingerprint density at radius 1 is 1.00 bits per heavy atom. The fourth-order valence-electron chi connectivity index (χ4n) is 2.75. The molecular weight excluding hydrogens is 418 g/mol. The first kappa shape index (κ1) is 20.6. The summed E-state index contributed by atoms with van der Waals surface area (Å²) in [4.78, 5) is 33.6. The van der Waals surface area contributed by atoms with Crippen molar-refractivity contribution in [1.82, 2.24) is 5.10 Å². The number of nitro groups is 2. The quantitative estimate of drug-likeness (QED) is 0.282. The first-order valence-electron chi connectivity index (χ1n) is 8.29. The van der Waals surface area contributed by atoms with Crippen molar-refractivity contribution >= 4 is 34.6 Å². The number of benzene rings is 2. The Balaban J connectivity index is 2.05. The predicted octanol–water partition coefficient (Wildman–Crippen LogP) is 3.41. The summed E-state index contributed by atoms with van der Waals surface area (Å²) < 4.78 is 0. The number of carbonyl (C=O) groups is 1. The molecule has 0 saturated heterocycles. The lowest BCUT2D eigenvalue weighted by Gasteiger charge is -2.13. The molecule has 152 valence electrons. The maximum atomic E-state index is 12.9. The van der Waals surface area contributed by atoms with Crippen LogP contribution in [-0.4, -0.2) is 20.9 Å². The Hall–Kier alpha value is -4.12. The Morgan fingerprint density at radius 2 is 1.50 bits per heavy atom. The lowest BCUT2D eigenvalue weighted by Crippen LogP contribution is -2.37. The number of hydrogen-bond acceptors (Lipinski definition) is 7. The number of nitro benzene ring substituents is 2. The second-order valence-electron chi connectivity index (χ2n) is 6.06. The average Bonchev–Trinajstić information content (AvgIpc) is 2.70. The summed E-state index contributed by atoms with van der Waals surface area (Å²) in [6.07, 6.45) is 0. The van der Waals surface area contributed by atoms with Gasteiger partial charge in [0.1, 0.15) is 0 Å². The zero-order valence-corrected chi connectivity index (χ0v) is 16.0. The predicted molar refractivity (Wildman–Crippen MR) is 106 cm³/mol. The van der Waals surface area contributed by atoms with E-state index in [1.165, 1.54) is 55.5 Å². The molecule has 11 nitrogen and oxygen atoms in total. The van der Waals surface area contributed by atoms with Gasteiger partial charge >= 0.3 is 0 Å². The molecule has 1 N–H and O–H groups in total. The number of hydrogen-bond donors (Lipinski definition) is 1. The molecule has 0 aliphatic heterocycles. The molecule has 12 heteroatoms. The summed E-state index contributed by atoms with van der Waals surface area (Å²) in [7, 11) is 0. The third kappa shape index (κ3) is 4.00. The third-order valence-electron chi connectivity index (χ3n) is 4.21. The molecule has 30 heavy (non-hydrogen) atoms. The van der Waals surface area contributed by atoms with E-state index >= 15 is 0 Å². The molecule has 0 aliphatic rings. The van der Waals surface area contributed by atoms with E-state index in [1.807, 2.05) is 0 Å². The van der Waals surface area contributed by atoms with Gasteiger partial charge in [-0.2, -0.15) is 0 Å². The van der Waals surface area contributed by atoms with Crippen molar-refractivity contribution in [1.29, 1.82) is 0 Å². The highest BCUT2D eigenvalue weighted by atomic mass is 35.5. The highest BCUT2D eigenvalue weighted by Gasteiger charge is 2.27. The van der Waals surface area contributed by atoms with Gasteiger partial charge < -0.3 is 10.5 Å². The fourth-order valence-corrected chi connectivity index (χ4v) is 3.00. The van der Waals surface area contributed by atoms with Crippen molar-refractivity contribution < 1.29 is 19.5 Å². The smallest absolute Gasteiger partial charge is 0.269 e. The van der Waals surface area contributed by atoms with Gasteiger partial charge in [-0.05, 0) is 29.8 Å². The van der Waals surface area contributed by atoms with Crippen LogP contribution in [0.3, 0.4) is 0 Å². The van der Waals surface area contributed by atoms with Crippen LogP contribution in [0.5, 0.6) is 0 Å². The first-order chi connectivity index (χ1) is 14.2. The highest BCUT2D eigenvalue weighted by molar-refractivity contribution is 6.34. The number of halogens is 1. The minimum atomic E-state index is -0.710. The van der Waals surface area contributed by atoms with Gasteiger partial charge in [0.15, 0.2) is 0 Å².